The molecule has 2 aliphatic rings. The van der Waals surface area contributed by atoms with Crippen LogP contribution in [0.3, 0.4) is 0 Å². The molecule has 2 aliphatic carbocycles. The molecule has 0 amide bonds. The fraction of sp³-hybridized carbons (Fsp3) is 0.436. The Labute approximate surface area is 251 Å². The lowest BCUT2D eigenvalue weighted by atomic mass is 9.67. The van der Waals surface area contributed by atoms with Crippen LogP contribution in [0.4, 0.5) is 0 Å². The molecule has 222 valence electrons. The van der Waals surface area contributed by atoms with Gasteiger partial charge in [-0.15, -0.1) is 0 Å². The number of rotatable bonds is 10. The molecule has 0 aliphatic heterocycles. The van der Waals surface area contributed by atoms with Gasteiger partial charge in [0.25, 0.3) is 0 Å². The number of hydrogen-bond acceptors (Lipinski definition) is 2. The second-order valence-electron chi connectivity index (χ2n) is 12.8. The van der Waals surface area contributed by atoms with Crippen molar-refractivity contribution in [2.24, 2.45) is 17.3 Å². The highest BCUT2D eigenvalue weighted by atomic mass is 16.3. The first-order chi connectivity index (χ1) is 19.3. The van der Waals surface area contributed by atoms with E-state index in [9.17, 15) is 10.2 Å². The van der Waals surface area contributed by atoms with Crippen molar-refractivity contribution in [2.45, 2.75) is 93.8 Å². The zero-order valence-electron chi connectivity index (χ0n) is 27.0. The molecule has 0 heterocycles. The fourth-order valence-corrected chi connectivity index (χ4v) is 5.79. The molecule has 4 atom stereocenters. The largest absolute Gasteiger partial charge is 0.393 e. The summed E-state index contributed by atoms with van der Waals surface area (Å²) in [5.41, 5.74) is 8.77. The molecule has 4 unspecified atom stereocenters. The molecule has 2 rings (SSSR count). The highest BCUT2D eigenvalue weighted by molar-refractivity contribution is 5.36. The summed E-state index contributed by atoms with van der Waals surface area (Å²) in [6.45, 7) is 19.4. The van der Waals surface area contributed by atoms with Gasteiger partial charge in [0, 0.05) is 5.92 Å². The van der Waals surface area contributed by atoms with Gasteiger partial charge in [-0.05, 0) is 77.7 Å². The van der Waals surface area contributed by atoms with Gasteiger partial charge in [0.1, 0.15) is 0 Å². The molecule has 0 aromatic heterocycles. The van der Waals surface area contributed by atoms with Crippen LogP contribution in [0.2, 0.25) is 0 Å². The maximum absolute atomic E-state index is 10.1. The predicted molar refractivity (Wildman–Crippen MR) is 179 cm³/mol. The van der Waals surface area contributed by atoms with E-state index >= 15 is 0 Å². The average molecular weight is 555 g/mol. The number of allylic oxidation sites excluding steroid dienone is 20. The van der Waals surface area contributed by atoms with Gasteiger partial charge in [0.15, 0.2) is 0 Å². The van der Waals surface area contributed by atoms with E-state index in [1.807, 2.05) is 6.08 Å². The van der Waals surface area contributed by atoms with Crippen LogP contribution >= 0.6 is 0 Å². The van der Waals surface area contributed by atoms with E-state index in [4.69, 9.17) is 0 Å². The molecule has 41 heavy (non-hydrogen) atoms. The Balaban J connectivity index is 1.87. The van der Waals surface area contributed by atoms with Gasteiger partial charge in [0.2, 0.25) is 0 Å². The monoisotopic (exact) mass is 554 g/mol. The third kappa shape index (κ3) is 12.2. The minimum atomic E-state index is -0.330. The van der Waals surface area contributed by atoms with Gasteiger partial charge in [0.05, 0.1) is 12.2 Å². The van der Waals surface area contributed by atoms with Crippen LogP contribution in [0.15, 0.2) is 130 Å². The molecule has 0 bridgehead atoms. The maximum Gasteiger partial charge on any atom is 0.0729 e. The molecule has 0 fully saturated rings. The van der Waals surface area contributed by atoms with Gasteiger partial charge < -0.3 is 10.2 Å². The molecule has 0 aromatic rings. The summed E-state index contributed by atoms with van der Waals surface area (Å²) in [6.07, 6.45) is 33.9. The summed E-state index contributed by atoms with van der Waals surface area (Å²) in [5.74, 6) is 0.756. The average Bonchev–Trinajstić information content (AvgIpc) is 2.84. The lowest BCUT2D eigenvalue weighted by molar-refractivity contribution is 0.117. The summed E-state index contributed by atoms with van der Waals surface area (Å²) in [4.78, 5) is 0. The van der Waals surface area contributed by atoms with Crippen molar-refractivity contribution < 1.29 is 10.2 Å². The minimum Gasteiger partial charge on any atom is -0.393 e. The van der Waals surface area contributed by atoms with Crippen LogP contribution in [0.25, 0.3) is 0 Å². The molecule has 0 aromatic carbocycles. The van der Waals surface area contributed by atoms with Crippen molar-refractivity contribution in [1.29, 1.82) is 0 Å². The van der Waals surface area contributed by atoms with E-state index in [1.54, 1.807) is 0 Å². The van der Waals surface area contributed by atoms with Crippen LogP contribution in [0.1, 0.15) is 81.6 Å². The van der Waals surface area contributed by atoms with Gasteiger partial charge in [-0.1, -0.05) is 145 Å². The molecular weight excluding hydrogens is 500 g/mol. The van der Waals surface area contributed by atoms with Gasteiger partial charge in [-0.2, -0.15) is 0 Å². The lowest BCUT2D eigenvalue weighted by Crippen LogP contribution is -2.32. The van der Waals surface area contributed by atoms with Crippen molar-refractivity contribution in [2.75, 3.05) is 0 Å². The first-order valence-electron chi connectivity index (χ1n) is 15.1. The zero-order valence-corrected chi connectivity index (χ0v) is 27.0. The van der Waals surface area contributed by atoms with Crippen LogP contribution in [0, 0.1) is 17.3 Å². The Bertz CT molecular complexity index is 1230. The van der Waals surface area contributed by atoms with E-state index in [0.29, 0.717) is 11.8 Å². The quantitative estimate of drug-likeness (QED) is 0.208. The van der Waals surface area contributed by atoms with E-state index in [0.717, 1.165) is 19.3 Å². The molecule has 0 saturated heterocycles. The smallest absolute Gasteiger partial charge is 0.0729 e. The summed E-state index contributed by atoms with van der Waals surface area (Å²) in [7, 11) is 0. The van der Waals surface area contributed by atoms with Gasteiger partial charge >= 0.3 is 0 Å². The third-order valence-corrected chi connectivity index (χ3v) is 8.06. The summed E-state index contributed by atoms with van der Waals surface area (Å²) in [5, 5.41) is 20.0. The third-order valence-electron chi connectivity index (χ3n) is 8.06. The lowest BCUT2D eigenvalue weighted by Gasteiger charge is -2.38. The summed E-state index contributed by atoms with van der Waals surface area (Å²) < 4.78 is 0. The maximum atomic E-state index is 10.1. The number of aliphatic hydroxyl groups is 2. The van der Waals surface area contributed by atoms with Crippen LogP contribution in [-0.2, 0) is 0 Å². The van der Waals surface area contributed by atoms with Crippen molar-refractivity contribution in [1.82, 2.24) is 0 Å². The molecule has 2 heteroatoms. The molecular formula is C39H54O2. The Morgan fingerprint density at radius 1 is 0.780 bits per heavy atom. The minimum absolute atomic E-state index is 0.0588. The molecule has 0 saturated carbocycles. The van der Waals surface area contributed by atoms with Crippen molar-refractivity contribution in [3.63, 3.8) is 0 Å². The fourth-order valence-electron chi connectivity index (χ4n) is 5.79. The van der Waals surface area contributed by atoms with Crippen molar-refractivity contribution in [3.05, 3.63) is 130 Å². The topological polar surface area (TPSA) is 40.5 Å². The van der Waals surface area contributed by atoms with Crippen molar-refractivity contribution >= 4 is 0 Å². The van der Waals surface area contributed by atoms with Crippen LogP contribution in [0.5, 0.6) is 0 Å². The standard InChI is InChI=1S/C39H54O2/c1-28(16-12-18-30(3)20-22-37-32(5)24-35(40)25-33(37)6)14-10-11-15-29(2)17-13-19-31(4)21-23-38-34(7)26-36(41)27-39(38,8)9/h10-23,26,32,35-36,38,40-41H,24-25,27H2,1-9H3/b11-10+,16-12+,17-13+,22-20+,23-21+,28-14+,29-15+,30-18+,31-19+. The first kappa shape index (κ1) is 34.3. The Kier molecular flexibility index (Phi) is 13.8. The van der Waals surface area contributed by atoms with E-state index in [1.165, 1.54) is 39.0 Å². The molecule has 0 radical (unpaired) electrons. The second kappa shape index (κ2) is 16.5. The Morgan fingerprint density at radius 3 is 1.83 bits per heavy atom. The zero-order chi connectivity index (χ0) is 30.6. The SMILES string of the molecule is CC1=CC(O)CC(C)(C)C1/C=C/C(C)=C/C=C/C(C)=C/C=C/C=C(C)/C=C/C=C(C)/C=C/C1=C(C)CC(O)CC1C. The number of hydrogen-bond donors (Lipinski definition) is 2. The number of aliphatic hydroxyl groups excluding tert-OH is 2. The van der Waals surface area contributed by atoms with Crippen LogP contribution < -0.4 is 0 Å². The molecule has 0 spiro atoms. The van der Waals surface area contributed by atoms with E-state index < -0.39 is 0 Å². The molecule has 2 nitrogen and oxygen atoms in total. The Morgan fingerprint density at radius 2 is 1.29 bits per heavy atom. The first-order valence-corrected chi connectivity index (χ1v) is 15.1. The highest BCUT2D eigenvalue weighted by Gasteiger charge is 2.34. The van der Waals surface area contributed by atoms with Crippen LogP contribution in [-0.4, -0.2) is 22.4 Å². The summed E-state index contributed by atoms with van der Waals surface area (Å²) >= 11 is 0. The summed E-state index contributed by atoms with van der Waals surface area (Å²) in [6, 6.07) is 0. The van der Waals surface area contributed by atoms with Gasteiger partial charge in [-0.3, -0.25) is 0 Å². The second-order valence-corrected chi connectivity index (χ2v) is 12.8. The van der Waals surface area contributed by atoms with Gasteiger partial charge in [-0.25, -0.2) is 0 Å². The predicted octanol–water partition coefficient (Wildman–Crippen LogP) is 10.0. The Hall–Kier alpha value is -2.94. The van der Waals surface area contributed by atoms with E-state index in [-0.39, 0.29) is 17.6 Å². The van der Waals surface area contributed by atoms with E-state index in [2.05, 4.69) is 147 Å². The van der Waals surface area contributed by atoms with Crippen molar-refractivity contribution in [3.8, 4) is 0 Å². The highest BCUT2D eigenvalue weighted by Crippen LogP contribution is 2.41. The normalized spacial score (nSPS) is 27.4. The molecule has 2 N–H and O–H groups in total.